The number of hydrogen-bond donors (Lipinski definition) is 2. The molecule has 37 heavy (non-hydrogen) atoms. The summed E-state index contributed by atoms with van der Waals surface area (Å²) in [5.74, 6) is 1.48. The van der Waals surface area contributed by atoms with E-state index in [0.29, 0.717) is 41.4 Å². The number of benzene rings is 1. The number of nitrogens with one attached hydrogen (secondary N) is 2. The van der Waals surface area contributed by atoms with Crippen LogP contribution in [0.1, 0.15) is 5.69 Å². The predicted octanol–water partition coefficient (Wildman–Crippen LogP) is 3.39. The molecule has 0 bridgehead atoms. The minimum Gasteiger partial charge on any atom is -0.479 e. The van der Waals surface area contributed by atoms with Crippen LogP contribution in [0.3, 0.4) is 0 Å². The summed E-state index contributed by atoms with van der Waals surface area (Å²) in [5, 5.41) is 11.7. The predicted molar refractivity (Wildman–Crippen MR) is 146 cm³/mol. The quantitative estimate of drug-likeness (QED) is 0.316. The Morgan fingerprint density at radius 1 is 1.14 bits per heavy atom. The van der Waals surface area contributed by atoms with E-state index in [1.54, 1.807) is 23.0 Å². The molecular formula is C26H31N9O2. The molecule has 0 aliphatic heterocycles. The lowest BCUT2D eigenvalue weighted by molar-refractivity contribution is -0.111. The van der Waals surface area contributed by atoms with Crippen molar-refractivity contribution < 1.29 is 9.53 Å². The molecule has 11 heteroatoms. The van der Waals surface area contributed by atoms with E-state index in [0.717, 1.165) is 23.1 Å². The highest BCUT2D eigenvalue weighted by atomic mass is 16.5. The van der Waals surface area contributed by atoms with Crippen molar-refractivity contribution in [3.63, 3.8) is 0 Å². The van der Waals surface area contributed by atoms with Gasteiger partial charge in [0.15, 0.2) is 11.6 Å². The monoisotopic (exact) mass is 501 g/mol. The minimum atomic E-state index is -0.348. The van der Waals surface area contributed by atoms with Crippen LogP contribution in [-0.4, -0.2) is 76.9 Å². The van der Waals surface area contributed by atoms with Crippen LogP contribution in [0.4, 0.5) is 23.1 Å². The number of rotatable bonds is 10. The first-order chi connectivity index (χ1) is 17.8. The largest absolute Gasteiger partial charge is 0.479 e. The highest BCUT2D eigenvalue weighted by molar-refractivity contribution is 6.01. The van der Waals surface area contributed by atoms with Gasteiger partial charge in [-0.25, -0.2) is 9.67 Å². The smallest absolute Gasteiger partial charge is 0.247 e. The zero-order valence-corrected chi connectivity index (χ0v) is 21.7. The van der Waals surface area contributed by atoms with E-state index in [9.17, 15) is 4.79 Å². The number of pyridine rings is 1. The van der Waals surface area contributed by atoms with Crippen molar-refractivity contribution in [3.8, 4) is 11.7 Å². The van der Waals surface area contributed by atoms with Crippen LogP contribution in [0, 0.1) is 6.92 Å². The first-order valence-corrected chi connectivity index (χ1v) is 11.7. The van der Waals surface area contributed by atoms with E-state index in [1.807, 2.05) is 57.2 Å². The molecular weight excluding hydrogens is 470 g/mol. The number of aromatic nitrogens is 5. The number of para-hydroxylation sites is 1. The summed E-state index contributed by atoms with van der Waals surface area (Å²) in [4.78, 5) is 29.9. The molecule has 2 N–H and O–H groups in total. The van der Waals surface area contributed by atoms with Gasteiger partial charge in [-0.2, -0.15) is 15.1 Å². The molecule has 0 saturated heterocycles. The Labute approximate surface area is 215 Å². The molecule has 4 rings (SSSR count). The second-order valence-electron chi connectivity index (χ2n) is 8.71. The Balaban J connectivity index is 1.71. The fourth-order valence-electron chi connectivity index (χ4n) is 3.80. The second-order valence-corrected chi connectivity index (χ2v) is 8.71. The van der Waals surface area contributed by atoms with Crippen molar-refractivity contribution in [2.75, 3.05) is 56.9 Å². The number of carbonyl (C=O) groups is 1. The SMILES string of the molecule is C=CC(=O)Nc1cc(Nc2nccc(-n3nc(C)c4ccccc43)n2)c(OC)nc1N(C)CCN(C)C. The molecule has 0 radical (unpaired) electrons. The lowest BCUT2D eigenvalue weighted by Gasteiger charge is -2.24. The summed E-state index contributed by atoms with van der Waals surface area (Å²) in [5.41, 5.74) is 2.85. The molecule has 0 spiro atoms. The second kappa shape index (κ2) is 11.0. The highest BCUT2D eigenvalue weighted by Crippen LogP contribution is 2.34. The summed E-state index contributed by atoms with van der Waals surface area (Å²) in [7, 11) is 7.44. The standard InChI is InChI=1S/C26H31N9O2/c1-7-23(36)28-19-16-20(25(37-6)31-24(19)34(5)15-14-33(3)4)29-26-27-13-12-22(30-26)35-21-11-9-8-10-18(21)17(2)32-35/h7-13,16H,1,14-15H2,2-6H3,(H,28,36)(H,27,29,30). The van der Waals surface area contributed by atoms with Gasteiger partial charge in [0.05, 0.1) is 24.0 Å². The van der Waals surface area contributed by atoms with Crippen molar-refractivity contribution in [3.05, 3.63) is 60.9 Å². The van der Waals surface area contributed by atoms with Gasteiger partial charge < -0.3 is 25.2 Å². The topological polar surface area (TPSA) is 113 Å². The molecule has 0 aliphatic rings. The first kappa shape index (κ1) is 25.6. The van der Waals surface area contributed by atoms with Crippen LogP contribution in [0.5, 0.6) is 5.88 Å². The van der Waals surface area contributed by atoms with Gasteiger partial charge in [0, 0.05) is 37.8 Å². The molecule has 0 aliphatic carbocycles. The van der Waals surface area contributed by atoms with E-state index >= 15 is 0 Å². The number of ether oxygens (including phenoxy) is 1. The van der Waals surface area contributed by atoms with Crippen molar-refractivity contribution in [2.45, 2.75) is 6.92 Å². The maximum absolute atomic E-state index is 12.2. The molecule has 4 aromatic rings. The zero-order valence-electron chi connectivity index (χ0n) is 21.7. The lowest BCUT2D eigenvalue weighted by Crippen LogP contribution is -2.30. The lowest BCUT2D eigenvalue weighted by atomic mass is 10.2. The third kappa shape index (κ3) is 5.67. The van der Waals surface area contributed by atoms with Crippen molar-refractivity contribution >= 4 is 40.0 Å². The Bertz CT molecular complexity index is 1430. The van der Waals surface area contributed by atoms with Crippen LogP contribution in [0.15, 0.2) is 55.3 Å². The molecule has 192 valence electrons. The van der Waals surface area contributed by atoms with Crippen LogP contribution in [0.25, 0.3) is 16.7 Å². The molecule has 0 unspecified atom stereocenters. The fourth-order valence-corrected chi connectivity index (χ4v) is 3.80. The van der Waals surface area contributed by atoms with E-state index in [-0.39, 0.29) is 5.91 Å². The van der Waals surface area contributed by atoms with Crippen LogP contribution in [0.2, 0.25) is 0 Å². The Hall–Kier alpha value is -4.51. The summed E-state index contributed by atoms with van der Waals surface area (Å²) in [6, 6.07) is 11.5. The van der Waals surface area contributed by atoms with Gasteiger partial charge in [-0.3, -0.25) is 4.79 Å². The third-order valence-electron chi connectivity index (χ3n) is 5.72. The molecule has 1 aromatic carbocycles. The maximum Gasteiger partial charge on any atom is 0.247 e. The van der Waals surface area contributed by atoms with E-state index in [1.165, 1.54) is 13.2 Å². The number of aryl methyl sites for hydroxylation is 1. The maximum atomic E-state index is 12.2. The zero-order chi connectivity index (χ0) is 26.5. The Morgan fingerprint density at radius 3 is 2.65 bits per heavy atom. The summed E-state index contributed by atoms with van der Waals surface area (Å²) in [6.45, 7) is 7.01. The molecule has 0 saturated carbocycles. The van der Waals surface area contributed by atoms with Crippen LogP contribution in [-0.2, 0) is 4.79 Å². The van der Waals surface area contributed by atoms with Crippen LogP contribution < -0.4 is 20.3 Å². The van der Waals surface area contributed by atoms with E-state index in [4.69, 9.17) is 4.74 Å². The minimum absolute atomic E-state index is 0.324. The summed E-state index contributed by atoms with van der Waals surface area (Å²) >= 11 is 0. The third-order valence-corrected chi connectivity index (χ3v) is 5.72. The van der Waals surface area contributed by atoms with E-state index in [2.05, 4.69) is 42.2 Å². The Kier molecular flexibility index (Phi) is 7.63. The van der Waals surface area contributed by atoms with Crippen molar-refractivity contribution in [2.24, 2.45) is 0 Å². The van der Waals surface area contributed by atoms with Gasteiger partial charge in [-0.15, -0.1) is 0 Å². The molecule has 1 amide bonds. The van der Waals surface area contributed by atoms with Gasteiger partial charge in [0.1, 0.15) is 5.69 Å². The average molecular weight is 502 g/mol. The number of carbonyl (C=O) groups excluding carboxylic acids is 1. The first-order valence-electron chi connectivity index (χ1n) is 11.7. The van der Waals surface area contributed by atoms with Gasteiger partial charge >= 0.3 is 0 Å². The van der Waals surface area contributed by atoms with Gasteiger partial charge in [0.2, 0.25) is 17.7 Å². The Morgan fingerprint density at radius 2 is 1.92 bits per heavy atom. The normalized spacial score (nSPS) is 11.0. The molecule has 11 nitrogen and oxygen atoms in total. The van der Waals surface area contributed by atoms with Crippen molar-refractivity contribution in [1.29, 1.82) is 0 Å². The van der Waals surface area contributed by atoms with Gasteiger partial charge in [0.25, 0.3) is 0 Å². The molecule has 3 heterocycles. The summed E-state index contributed by atoms with van der Waals surface area (Å²) < 4.78 is 7.36. The fraction of sp³-hybridized carbons (Fsp3) is 0.269. The molecule has 3 aromatic heterocycles. The number of hydrogen-bond acceptors (Lipinski definition) is 9. The number of nitrogens with zero attached hydrogens (tertiary/aromatic N) is 7. The highest BCUT2D eigenvalue weighted by Gasteiger charge is 2.18. The molecule has 0 fully saturated rings. The van der Waals surface area contributed by atoms with Gasteiger partial charge in [-0.1, -0.05) is 24.8 Å². The van der Waals surface area contributed by atoms with Crippen LogP contribution >= 0.6 is 0 Å². The number of methoxy groups -OCH3 is 1. The number of amides is 1. The number of likely N-dealkylation sites (N-methyl/N-ethyl adjacent to an activating group) is 2. The number of anilines is 4. The van der Waals surface area contributed by atoms with Gasteiger partial charge in [-0.05, 0) is 39.2 Å². The average Bonchev–Trinajstić information content (AvgIpc) is 3.24. The summed E-state index contributed by atoms with van der Waals surface area (Å²) in [6.07, 6.45) is 2.87. The molecule has 0 atom stereocenters. The van der Waals surface area contributed by atoms with Crippen molar-refractivity contribution in [1.82, 2.24) is 29.6 Å². The number of fused-ring (bicyclic) bond motifs is 1. The van der Waals surface area contributed by atoms with E-state index < -0.39 is 0 Å².